The van der Waals surface area contributed by atoms with Crippen LogP contribution in [-0.2, 0) is 20.9 Å². The zero-order chi connectivity index (χ0) is 19.6. The van der Waals surface area contributed by atoms with E-state index in [-0.39, 0.29) is 25.5 Å². The molecule has 0 saturated carbocycles. The van der Waals surface area contributed by atoms with E-state index in [1.807, 2.05) is 30.3 Å². The summed E-state index contributed by atoms with van der Waals surface area (Å²) >= 11 is 0. The number of carbonyl (C=O) groups is 3. The summed E-state index contributed by atoms with van der Waals surface area (Å²) in [6, 6.07) is 16.1. The molecule has 0 aliphatic rings. The third kappa shape index (κ3) is 6.14. The smallest absolute Gasteiger partial charge is 0.410 e. The lowest BCUT2D eigenvalue weighted by atomic mass is 10.1. The highest BCUT2D eigenvalue weighted by molar-refractivity contribution is 6.03. The molecule has 2 aromatic carbocycles. The molecule has 7 nitrogen and oxygen atoms in total. The van der Waals surface area contributed by atoms with Gasteiger partial charge in [0.2, 0.25) is 0 Å². The Bertz CT molecular complexity index is 792. The number of nitrogens with one attached hydrogen (secondary N) is 1. The Morgan fingerprint density at radius 1 is 1.00 bits per heavy atom. The van der Waals surface area contributed by atoms with E-state index in [0.29, 0.717) is 11.3 Å². The number of ketones is 1. The molecule has 0 fully saturated rings. The second-order valence-corrected chi connectivity index (χ2v) is 5.79. The molecule has 2 aromatic rings. The van der Waals surface area contributed by atoms with Crippen molar-refractivity contribution < 1.29 is 23.9 Å². The molecule has 0 bridgehead atoms. The monoisotopic (exact) mass is 370 g/mol. The molecule has 0 aliphatic carbocycles. The zero-order valence-corrected chi connectivity index (χ0v) is 15.3. The number of hydrogen-bond acceptors (Lipinski definition) is 6. The summed E-state index contributed by atoms with van der Waals surface area (Å²) < 4.78 is 9.78. The van der Waals surface area contributed by atoms with Crippen molar-refractivity contribution in [2.75, 3.05) is 32.6 Å². The Morgan fingerprint density at radius 3 is 2.37 bits per heavy atom. The molecule has 0 aromatic heterocycles. The molecular formula is C20H22N2O5. The number of methoxy groups -OCH3 is 1. The number of para-hydroxylation sites is 1. The first-order chi connectivity index (χ1) is 13.0. The first-order valence-corrected chi connectivity index (χ1v) is 8.36. The lowest BCUT2D eigenvalue weighted by molar-refractivity contribution is -0.138. The van der Waals surface area contributed by atoms with Crippen molar-refractivity contribution in [3.63, 3.8) is 0 Å². The first-order valence-electron chi connectivity index (χ1n) is 8.36. The number of ether oxygens (including phenoxy) is 2. The fraction of sp³-hybridized carbons (Fsp3) is 0.250. The number of carbonyl (C=O) groups excluding carboxylic acids is 3. The number of anilines is 1. The molecule has 2 rings (SSSR count). The molecule has 0 saturated heterocycles. The van der Waals surface area contributed by atoms with Crippen molar-refractivity contribution in [3.05, 3.63) is 65.7 Å². The van der Waals surface area contributed by atoms with Crippen molar-refractivity contribution in [2.45, 2.75) is 6.61 Å². The number of amides is 1. The molecule has 27 heavy (non-hydrogen) atoms. The largest absolute Gasteiger partial charge is 0.468 e. The van der Waals surface area contributed by atoms with Gasteiger partial charge in [0.25, 0.3) is 0 Å². The number of rotatable bonds is 8. The van der Waals surface area contributed by atoms with Gasteiger partial charge in [-0.2, -0.15) is 0 Å². The van der Waals surface area contributed by atoms with Gasteiger partial charge in [-0.15, -0.1) is 0 Å². The third-order valence-electron chi connectivity index (χ3n) is 3.78. The van der Waals surface area contributed by atoms with Crippen molar-refractivity contribution in [1.29, 1.82) is 0 Å². The maximum absolute atomic E-state index is 12.6. The van der Waals surface area contributed by atoms with Gasteiger partial charge in [-0.3, -0.25) is 9.59 Å². The van der Waals surface area contributed by atoms with Gasteiger partial charge in [0.15, 0.2) is 5.78 Å². The van der Waals surface area contributed by atoms with E-state index in [2.05, 4.69) is 10.1 Å². The Kier molecular flexibility index (Phi) is 7.37. The van der Waals surface area contributed by atoms with Crippen LogP contribution >= 0.6 is 0 Å². The molecule has 7 heteroatoms. The van der Waals surface area contributed by atoms with Crippen molar-refractivity contribution in [2.24, 2.45) is 0 Å². The summed E-state index contributed by atoms with van der Waals surface area (Å²) in [5.41, 5.74) is 1.74. The van der Waals surface area contributed by atoms with Crippen LogP contribution in [0.3, 0.4) is 0 Å². The number of hydrogen-bond donors (Lipinski definition) is 1. The van der Waals surface area contributed by atoms with E-state index in [1.54, 1.807) is 24.3 Å². The van der Waals surface area contributed by atoms with Crippen LogP contribution < -0.4 is 5.32 Å². The highest BCUT2D eigenvalue weighted by atomic mass is 16.6. The minimum Gasteiger partial charge on any atom is -0.468 e. The first kappa shape index (κ1) is 20.0. The van der Waals surface area contributed by atoms with Crippen LogP contribution in [0.1, 0.15) is 15.9 Å². The Morgan fingerprint density at radius 2 is 1.67 bits per heavy atom. The fourth-order valence-corrected chi connectivity index (χ4v) is 2.31. The van der Waals surface area contributed by atoms with Crippen LogP contribution in [0.15, 0.2) is 54.6 Å². The molecule has 0 radical (unpaired) electrons. The number of likely N-dealkylation sites (N-methyl/N-ethyl adjacent to an activating group) is 1. The van der Waals surface area contributed by atoms with Crippen LogP contribution in [0, 0.1) is 0 Å². The topological polar surface area (TPSA) is 84.9 Å². The van der Waals surface area contributed by atoms with Crippen molar-refractivity contribution in [1.82, 2.24) is 4.90 Å². The summed E-state index contributed by atoms with van der Waals surface area (Å²) in [7, 11) is 2.78. The van der Waals surface area contributed by atoms with Gasteiger partial charge >= 0.3 is 12.1 Å². The lowest BCUT2D eigenvalue weighted by Gasteiger charge is -2.17. The average Bonchev–Trinajstić information content (AvgIpc) is 2.70. The van der Waals surface area contributed by atoms with Gasteiger partial charge in [0.1, 0.15) is 13.2 Å². The van der Waals surface area contributed by atoms with E-state index in [1.165, 1.54) is 19.1 Å². The zero-order valence-electron chi connectivity index (χ0n) is 15.3. The van der Waals surface area contributed by atoms with Gasteiger partial charge in [-0.05, 0) is 17.7 Å². The van der Waals surface area contributed by atoms with E-state index in [4.69, 9.17) is 4.74 Å². The standard InChI is InChI=1S/C20H22N2O5/c1-22(20(25)27-14-15-8-4-3-5-9-15)13-18(23)16-10-6-7-11-17(16)21-12-19(24)26-2/h3-11,21H,12-14H2,1-2H3. The summed E-state index contributed by atoms with van der Waals surface area (Å²) in [4.78, 5) is 37.2. The van der Waals surface area contributed by atoms with E-state index in [0.717, 1.165) is 5.56 Å². The maximum Gasteiger partial charge on any atom is 0.410 e. The van der Waals surface area contributed by atoms with Gasteiger partial charge in [-0.1, -0.05) is 42.5 Å². The Balaban J connectivity index is 1.93. The number of benzene rings is 2. The van der Waals surface area contributed by atoms with E-state index >= 15 is 0 Å². The lowest BCUT2D eigenvalue weighted by Crippen LogP contribution is -2.33. The number of nitrogens with zero attached hydrogens (tertiary/aromatic N) is 1. The van der Waals surface area contributed by atoms with E-state index in [9.17, 15) is 14.4 Å². The summed E-state index contributed by atoms with van der Waals surface area (Å²) in [6.45, 7) is -0.0736. The molecule has 0 unspecified atom stereocenters. The van der Waals surface area contributed by atoms with Crippen LogP contribution in [0.2, 0.25) is 0 Å². The van der Waals surface area contributed by atoms with Crippen LogP contribution in [0.5, 0.6) is 0 Å². The maximum atomic E-state index is 12.6. The Labute approximate surface area is 157 Å². The average molecular weight is 370 g/mol. The molecule has 142 valence electrons. The molecule has 1 N–H and O–H groups in total. The molecule has 0 heterocycles. The SMILES string of the molecule is COC(=O)CNc1ccccc1C(=O)CN(C)C(=O)OCc1ccccc1. The summed E-state index contributed by atoms with van der Waals surface area (Å²) in [6.07, 6.45) is -0.591. The van der Waals surface area contributed by atoms with Crippen LogP contribution in [-0.4, -0.2) is 50.0 Å². The summed E-state index contributed by atoms with van der Waals surface area (Å²) in [5.74, 6) is -0.721. The molecule has 0 aliphatic heterocycles. The predicted molar refractivity (Wildman–Crippen MR) is 101 cm³/mol. The highest BCUT2D eigenvalue weighted by Gasteiger charge is 2.18. The van der Waals surface area contributed by atoms with Crippen LogP contribution in [0.4, 0.5) is 10.5 Å². The van der Waals surface area contributed by atoms with Gasteiger partial charge in [0.05, 0.1) is 13.7 Å². The fourth-order valence-electron chi connectivity index (χ4n) is 2.31. The minimum atomic E-state index is -0.591. The third-order valence-corrected chi connectivity index (χ3v) is 3.78. The predicted octanol–water partition coefficient (Wildman–Crippen LogP) is 2.72. The second kappa shape index (κ2) is 9.96. The normalized spacial score (nSPS) is 10.0. The van der Waals surface area contributed by atoms with Gasteiger partial charge in [-0.25, -0.2) is 4.79 Å². The van der Waals surface area contributed by atoms with Gasteiger partial charge in [0, 0.05) is 18.3 Å². The van der Waals surface area contributed by atoms with Gasteiger partial charge < -0.3 is 19.7 Å². The molecular weight excluding hydrogens is 348 g/mol. The van der Waals surface area contributed by atoms with Crippen molar-refractivity contribution >= 4 is 23.5 Å². The molecule has 1 amide bonds. The van der Waals surface area contributed by atoms with Crippen LogP contribution in [0.25, 0.3) is 0 Å². The van der Waals surface area contributed by atoms with E-state index < -0.39 is 12.1 Å². The quantitative estimate of drug-likeness (QED) is 0.568. The minimum absolute atomic E-state index is 0.0598. The molecule has 0 atom stereocenters. The molecule has 0 spiro atoms. The summed E-state index contributed by atoms with van der Waals surface area (Å²) in [5, 5.41) is 2.86. The number of esters is 1. The second-order valence-electron chi connectivity index (χ2n) is 5.79. The van der Waals surface area contributed by atoms with Crippen molar-refractivity contribution in [3.8, 4) is 0 Å². The number of Topliss-reactive ketones (excluding diaryl/α,β-unsaturated/α-hetero) is 1. The highest BCUT2D eigenvalue weighted by Crippen LogP contribution is 2.16. The Hall–Kier alpha value is -3.35.